The Morgan fingerprint density at radius 2 is 1.56 bits per heavy atom. The van der Waals surface area contributed by atoms with Gasteiger partial charge in [0.05, 0.1) is 57.1 Å². The molecule has 420 valence electrons. The van der Waals surface area contributed by atoms with Gasteiger partial charge in [-0.3, -0.25) is 33.7 Å². The molecule has 4 aliphatic rings. The van der Waals surface area contributed by atoms with Gasteiger partial charge in [-0.1, -0.05) is 69.3 Å². The van der Waals surface area contributed by atoms with E-state index in [9.17, 15) is 51.4 Å². The van der Waals surface area contributed by atoms with Crippen LogP contribution in [0.1, 0.15) is 85.2 Å². The number of aromatic nitrogens is 2. The number of thiazole rings is 1. The van der Waals surface area contributed by atoms with E-state index < -0.39 is 81.8 Å². The molecule has 3 aromatic carbocycles. The monoisotopic (exact) mass is 1110 g/mol. The van der Waals surface area contributed by atoms with Crippen LogP contribution in [0, 0.1) is 12.3 Å². The molecule has 4 fully saturated rings. The molecule has 79 heavy (non-hydrogen) atoms. The number of amides is 5. The number of benzene rings is 3. The van der Waals surface area contributed by atoms with Gasteiger partial charge >= 0.3 is 6.18 Å². The Labute approximate surface area is 459 Å². The Balaban J connectivity index is 0.883. The summed E-state index contributed by atoms with van der Waals surface area (Å²) in [6.45, 7) is 12.0. The second-order valence-electron chi connectivity index (χ2n) is 22.2. The lowest BCUT2D eigenvalue weighted by Crippen LogP contribution is -2.59. The van der Waals surface area contributed by atoms with Crippen LogP contribution in [0.15, 0.2) is 89.3 Å². The summed E-state index contributed by atoms with van der Waals surface area (Å²) in [7, 11) is 2.00. The number of carbonyl (C=O) groups is 5. The molecule has 1 aliphatic carbocycles. The molecule has 5 amide bonds. The second-order valence-corrected chi connectivity index (χ2v) is 23.1. The van der Waals surface area contributed by atoms with E-state index in [2.05, 4.69) is 40.6 Å². The number of alkyl halides is 4. The van der Waals surface area contributed by atoms with E-state index in [0.29, 0.717) is 74.4 Å². The first-order valence-electron chi connectivity index (χ1n) is 26.5. The van der Waals surface area contributed by atoms with E-state index in [1.165, 1.54) is 16.2 Å². The fourth-order valence-corrected chi connectivity index (χ4v) is 11.3. The summed E-state index contributed by atoms with van der Waals surface area (Å²) in [5, 5.41) is 19.2. The van der Waals surface area contributed by atoms with Crippen molar-refractivity contribution < 1.29 is 46.6 Å². The zero-order valence-corrected chi connectivity index (χ0v) is 45.6. The highest BCUT2D eigenvalue weighted by molar-refractivity contribution is 7.13. The summed E-state index contributed by atoms with van der Waals surface area (Å²) >= 11 is 1.49. The first kappa shape index (κ1) is 56.7. The Morgan fingerprint density at radius 3 is 2.20 bits per heavy atom. The number of anilines is 2. The van der Waals surface area contributed by atoms with E-state index in [1.54, 1.807) is 37.2 Å². The van der Waals surface area contributed by atoms with E-state index >= 15 is 0 Å². The van der Waals surface area contributed by atoms with Crippen molar-refractivity contribution in [2.24, 2.45) is 5.41 Å². The Morgan fingerprint density at radius 1 is 0.873 bits per heavy atom. The molecule has 22 heteroatoms. The van der Waals surface area contributed by atoms with Gasteiger partial charge in [0.2, 0.25) is 23.3 Å². The molecule has 0 bridgehead atoms. The number of hydrogen-bond donors (Lipinski definition) is 5. The summed E-state index contributed by atoms with van der Waals surface area (Å²) in [6.07, 6.45) is -5.29. The maximum absolute atomic E-state index is 14.8. The van der Waals surface area contributed by atoms with Crippen molar-refractivity contribution in [2.75, 3.05) is 76.2 Å². The first-order chi connectivity index (χ1) is 37.4. The minimum absolute atomic E-state index is 0.0585. The number of pyridine rings is 1. The summed E-state index contributed by atoms with van der Waals surface area (Å²) in [6, 6.07) is 18.0. The molecular formula is C57H66F4N10O7S. The number of hydrogen-bond acceptors (Lipinski definition) is 12. The van der Waals surface area contributed by atoms with Gasteiger partial charge in [0.25, 0.3) is 11.8 Å². The van der Waals surface area contributed by atoms with E-state index in [4.69, 9.17) is 0 Å². The third-order valence-corrected chi connectivity index (χ3v) is 16.3. The minimum atomic E-state index is -4.94. The number of aryl methyl sites for hydroxylation is 1. The van der Waals surface area contributed by atoms with Crippen molar-refractivity contribution in [3.8, 4) is 21.6 Å². The lowest BCUT2D eigenvalue weighted by molar-refractivity contribution is -0.145. The Bertz CT molecular complexity index is 3140. The summed E-state index contributed by atoms with van der Waals surface area (Å²) in [5.41, 5.74) is 1.68. The van der Waals surface area contributed by atoms with Gasteiger partial charge in [-0.15, -0.1) is 11.3 Å². The molecule has 5 N–H and O–H groups in total. The number of aliphatic hydroxyl groups is 1. The van der Waals surface area contributed by atoms with Crippen LogP contribution in [0.25, 0.3) is 21.6 Å². The SMILES string of the molecule is Cc1ncsc1-c1ccc(C(CC(=O)N2CCN(Cc3cccc(-c4ccc(N5CCN(C)CC5)c(NC(=O)c5c[nH]c(=O)cc5C(F)(F)F)c4)c3)CC2)NC(=O)[C@@H]2C[C@@H](O)CN2C(=O)C(NC(=O)C2(F)CC2)C(C)(C)C)cc1. The third kappa shape index (κ3) is 13.2. The zero-order valence-electron chi connectivity index (χ0n) is 44.8. The zero-order chi connectivity index (χ0) is 56.6. The number of nitrogens with one attached hydrogen (secondary N) is 4. The van der Waals surface area contributed by atoms with E-state index in [1.807, 2.05) is 74.6 Å². The Hall–Kier alpha value is -7.01. The highest BCUT2D eigenvalue weighted by Gasteiger charge is 2.53. The number of aromatic amines is 1. The van der Waals surface area contributed by atoms with Crippen LogP contribution >= 0.6 is 11.3 Å². The standard InChI is InChI=1S/C57H66F4N10O7S/c1-34-49(79-33-63-34)37-11-9-36(10-12-37)43(64-52(76)46-27-40(72)32-71(46)53(77)50(55(2,3)4)66-54(78)56(58)15-16-56)29-48(74)70-23-19-68(20-24-70)31-35-7-6-8-38(25-35)39-13-14-45(69-21-17-67(5)18-22-69)44(26-39)65-51(75)41-30-62-47(73)28-42(41)57(59,60)61/h6-14,25-26,28,30,33,40,43,46,50,72H,15-24,27,29,31-32H2,1-5H3,(H,62,73)(H,64,76)(H,65,75)(H,66,78)/t40-,43?,46+,50?/m1/s1. The van der Waals surface area contributed by atoms with Crippen molar-refractivity contribution in [3.63, 3.8) is 0 Å². The van der Waals surface area contributed by atoms with Crippen LogP contribution < -0.4 is 26.4 Å². The normalized spacial score (nSPS) is 19.6. The molecule has 9 rings (SSSR count). The van der Waals surface area contributed by atoms with Gasteiger partial charge in [-0.05, 0) is 78.2 Å². The molecule has 2 aromatic heterocycles. The summed E-state index contributed by atoms with van der Waals surface area (Å²) < 4.78 is 57.0. The van der Waals surface area contributed by atoms with Gasteiger partial charge in [-0.25, -0.2) is 9.37 Å². The molecule has 5 heterocycles. The largest absolute Gasteiger partial charge is 0.417 e. The molecule has 0 radical (unpaired) electrons. The Kier molecular flexibility index (Phi) is 16.5. The molecule has 1 saturated carbocycles. The van der Waals surface area contributed by atoms with Crippen LogP contribution in [0.3, 0.4) is 0 Å². The number of H-pyrrole nitrogens is 1. The number of piperazine rings is 2. The maximum Gasteiger partial charge on any atom is 0.417 e. The smallest absolute Gasteiger partial charge is 0.391 e. The maximum atomic E-state index is 14.8. The lowest BCUT2D eigenvalue weighted by atomic mass is 9.85. The van der Waals surface area contributed by atoms with Crippen molar-refractivity contribution >= 4 is 52.2 Å². The van der Waals surface area contributed by atoms with Crippen LogP contribution in [0.5, 0.6) is 0 Å². The number of nitrogens with zero attached hydrogens (tertiary/aromatic N) is 6. The van der Waals surface area contributed by atoms with Crippen LogP contribution in [0.4, 0.5) is 28.9 Å². The van der Waals surface area contributed by atoms with Gasteiger partial charge in [0.1, 0.15) is 12.1 Å². The third-order valence-electron chi connectivity index (χ3n) is 15.3. The highest BCUT2D eigenvalue weighted by atomic mass is 32.1. The highest BCUT2D eigenvalue weighted by Crippen LogP contribution is 2.41. The predicted molar refractivity (Wildman–Crippen MR) is 292 cm³/mol. The number of β-amino-alcohol motifs (C(OH)–C–C–N with tert-alkyl or cyclic N) is 1. The molecule has 17 nitrogen and oxygen atoms in total. The number of carbonyl (C=O) groups excluding carboxylic acids is 5. The fraction of sp³-hybridized carbons (Fsp3) is 0.456. The number of rotatable bonds is 15. The molecule has 0 spiro atoms. The molecule has 4 atom stereocenters. The minimum Gasteiger partial charge on any atom is -0.391 e. The fourth-order valence-electron chi connectivity index (χ4n) is 10.5. The molecule has 3 aliphatic heterocycles. The summed E-state index contributed by atoms with van der Waals surface area (Å²) in [4.78, 5) is 98.4. The average Bonchev–Trinajstić information content (AvgIpc) is 3.87. The number of halogens is 4. The summed E-state index contributed by atoms with van der Waals surface area (Å²) in [5.74, 6) is -3.31. The van der Waals surface area contributed by atoms with Crippen molar-refractivity contribution in [3.05, 3.63) is 123 Å². The van der Waals surface area contributed by atoms with Gasteiger partial charge in [0, 0.05) is 84.1 Å². The van der Waals surface area contributed by atoms with Crippen molar-refractivity contribution in [2.45, 2.75) is 96.0 Å². The van der Waals surface area contributed by atoms with Crippen molar-refractivity contribution in [1.82, 2.24) is 40.2 Å². The van der Waals surface area contributed by atoms with E-state index in [0.717, 1.165) is 46.5 Å². The molecular weight excluding hydrogens is 1040 g/mol. The van der Waals surface area contributed by atoms with Crippen LogP contribution in [-0.2, 0) is 31.9 Å². The molecule has 2 unspecified atom stereocenters. The van der Waals surface area contributed by atoms with Crippen LogP contribution in [0.2, 0.25) is 0 Å². The second kappa shape index (κ2) is 23.0. The number of aliphatic hydroxyl groups excluding tert-OH is 1. The molecule has 5 aromatic rings. The van der Waals surface area contributed by atoms with Gasteiger partial charge < -0.3 is 45.6 Å². The predicted octanol–water partition coefficient (Wildman–Crippen LogP) is 6.38. The number of likely N-dealkylation sites (N-methyl/N-ethyl adjacent to an activating group) is 1. The van der Waals surface area contributed by atoms with Gasteiger partial charge in [0.15, 0.2) is 5.67 Å². The molecule has 3 saturated heterocycles. The topological polar surface area (TPSA) is 204 Å². The van der Waals surface area contributed by atoms with Gasteiger partial charge in [-0.2, -0.15) is 13.2 Å². The quantitative estimate of drug-likeness (QED) is 0.0728. The van der Waals surface area contributed by atoms with E-state index in [-0.39, 0.29) is 38.1 Å². The lowest BCUT2D eigenvalue weighted by Gasteiger charge is -2.36. The number of likely N-dealkylation sites (tertiary alicyclic amines) is 1. The van der Waals surface area contributed by atoms with Crippen LogP contribution in [-0.4, -0.2) is 154 Å². The van der Waals surface area contributed by atoms with Crippen molar-refractivity contribution in [1.29, 1.82) is 0 Å². The average molecular weight is 1110 g/mol. The first-order valence-corrected chi connectivity index (χ1v) is 27.4.